The largest absolute Gasteiger partial charge is 0.399 e. The lowest BCUT2D eigenvalue weighted by atomic mass is 10.1. The second kappa shape index (κ2) is 10.0. The molecule has 26 heavy (non-hydrogen) atoms. The van der Waals surface area contributed by atoms with Crippen LogP contribution < -0.4 is 16.0 Å². The molecule has 2 aromatic carbocycles. The van der Waals surface area contributed by atoms with E-state index in [1.54, 1.807) is 6.07 Å². The predicted octanol–water partition coefficient (Wildman–Crippen LogP) is 4.44. The van der Waals surface area contributed by atoms with Gasteiger partial charge in [-0.3, -0.25) is 4.79 Å². The van der Waals surface area contributed by atoms with Gasteiger partial charge in [0, 0.05) is 41.0 Å². The maximum atomic E-state index is 12.4. The van der Waals surface area contributed by atoms with E-state index in [1.807, 2.05) is 25.1 Å². The summed E-state index contributed by atoms with van der Waals surface area (Å²) in [6.07, 6.45) is 1.09. The second-order valence-electron chi connectivity index (χ2n) is 6.36. The average molecular weight is 461 g/mol. The molecule has 1 aliphatic heterocycles. The van der Waals surface area contributed by atoms with Crippen molar-refractivity contribution >= 4 is 58.0 Å². The van der Waals surface area contributed by atoms with Gasteiger partial charge in [0.2, 0.25) is 0 Å². The fraction of sp³-hybridized carbons (Fsp3) is 0.316. The lowest BCUT2D eigenvalue weighted by molar-refractivity contribution is 0.0947. The third-order valence-corrected chi connectivity index (χ3v) is 5.01. The first kappa shape index (κ1) is 22.6. The number of nitrogens with zero attached hydrogens (tertiary/aromatic N) is 1. The quantitative estimate of drug-likeness (QED) is 0.663. The summed E-state index contributed by atoms with van der Waals surface area (Å²) in [5, 5.41) is 3.06. The van der Waals surface area contributed by atoms with Crippen LogP contribution in [0.2, 0.25) is 0 Å². The van der Waals surface area contributed by atoms with Crippen LogP contribution in [0.3, 0.4) is 0 Å². The highest BCUT2D eigenvalue weighted by Crippen LogP contribution is 2.26. The van der Waals surface area contributed by atoms with Gasteiger partial charge in [0.15, 0.2) is 0 Å². The molecule has 7 heteroatoms. The van der Waals surface area contributed by atoms with Gasteiger partial charge in [-0.05, 0) is 55.2 Å². The van der Waals surface area contributed by atoms with Gasteiger partial charge in [-0.25, -0.2) is 0 Å². The van der Waals surface area contributed by atoms with Gasteiger partial charge in [-0.2, -0.15) is 0 Å². The molecule has 0 aromatic heterocycles. The normalized spacial score (nSPS) is 15.8. The van der Waals surface area contributed by atoms with Gasteiger partial charge >= 0.3 is 0 Å². The van der Waals surface area contributed by atoms with E-state index in [1.165, 1.54) is 5.69 Å². The molecule has 1 amide bonds. The maximum Gasteiger partial charge on any atom is 0.251 e. The highest BCUT2D eigenvalue weighted by atomic mass is 79.9. The van der Waals surface area contributed by atoms with Gasteiger partial charge in [-0.15, -0.1) is 24.8 Å². The summed E-state index contributed by atoms with van der Waals surface area (Å²) >= 11 is 3.52. The van der Waals surface area contributed by atoms with Crippen molar-refractivity contribution in [2.24, 2.45) is 5.92 Å². The van der Waals surface area contributed by atoms with E-state index < -0.39 is 0 Å². The molecular weight excluding hydrogens is 437 g/mol. The Morgan fingerprint density at radius 1 is 1.27 bits per heavy atom. The topological polar surface area (TPSA) is 58.4 Å². The molecule has 0 spiro atoms. The smallest absolute Gasteiger partial charge is 0.251 e. The fourth-order valence-electron chi connectivity index (χ4n) is 3.12. The zero-order valence-corrected chi connectivity index (χ0v) is 17.8. The van der Waals surface area contributed by atoms with Gasteiger partial charge < -0.3 is 16.0 Å². The van der Waals surface area contributed by atoms with Crippen LogP contribution in [0.25, 0.3) is 0 Å². The molecular formula is C19H24BrCl2N3O. The number of hydrogen-bond donors (Lipinski definition) is 2. The standard InChI is InChI=1S/C19H22BrN3O.2ClH/c1-13-5-6-16(21)10-18(13)19(24)22-11-14-7-8-23(12-14)17-4-2-3-15(20)9-17;;/h2-6,9-10,14H,7-8,11-12,21H2,1H3,(H,22,24);2*1H. The number of carbonyl (C=O) groups excluding carboxylic acids is 1. The highest BCUT2D eigenvalue weighted by Gasteiger charge is 2.23. The van der Waals surface area contributed by atoms with Crippen LogP contribution in [-0.2, 0) is 0 Å². The number of rotatable bonds is 4. The third-order valence-electron chi connectivity index (χ3n) is 4.52. The van der Waals surface area contributed by atoms with E-state index in [-0.39, 0.29) is 30.7 Å². The van der Waals surface area contributed by atoms with Crippen molar-refractivity contribution in [1.82, 2.24) is 5.32 Å². The highest BCUT2D eigenvalue weighted by molar-refractivity contribution is 9.10. The first-order chi connectivity index (χ1) is 11.5. The van der Waals surface area contributed by atoms with Gasteiger partial charge in [-0.1, -0.05) is 28.1 Å². The number of aryl methyl sites for hydroxylation is 1. The Labute approximate surface area is 175 Å². The molecule has 0 bridgehead atoms. The summed E-state index contributed by atoms with van der Waals surface area (Å²) in [5.74, 6) is 0.426. The molecule has 3 N–H and O–H groups in total. The van der Waals surface area contributed by atoms with Gasteiger partial charge in [0.25, 0.3) is 5.91 Å². The van der Waals surface area contributed by atoms with Crippen LogP contribution in [0, 0.1) is 12.8 Å². The molecule has 1 saturated heterocycles. The minimum atomic E-state index is -0.0410. The van der Waals surface area contributed by atoms with Gasteiger partial charge in [0.05, 0.1) is 0 Å². The molecule has 1 fully saturated rings. The Kier molecular flexibility index (Phi) is 8.74. The molecule has 0 aliphatic carbocycles. The molecule has 142 valence electrons. The van der Waals surface area contributed by atoms with Crippen LogP contribution in [0.4, 0.5) is 11.4 Å². The Balaban J connectivity index is 0.00000169. The zero-order chi connectivity index (χ0) is 17.1. The maximum absolute atomic E-state index is 12.4. The van der Waals surface area contributed by atoms with Gasteiger partial charge in [0.1, 0.15) is 0 Å². The van der Waals surface area contributed by atoms with E-state index in [2.05, 4.69) is 44.3 Å². The Bertz CT molecular complexity index is 757. The minimum absolute atomic E-state index is 0. The third kappa shape index (κ3) is 5.53. The lowest BCUT2D eigenvalue weighted by Crippen LogP contribution is -2.31. The summed E-state index contributed by atoms with van der Waals surface area (Å²) in [4.78, 5) is 14.8. The number of anilines is 2. The number of amides is 1. The van der Waals surface area contributed by atoms with Crippen molar-refractivity contribution in [2.45, 2.75) is 13.3 Å². The first-order valence-electron chi connectivity index (χ1n) is 8.18. The van der Waals surface area contributed by atoms with Crippen molar-refractivity contribution in [1.29, 1.82) is 0 Å². The number of nitrogens with one attached hydrogen (secondary N) is 1. The lowest BCUT2D eigenvalue weighted by Gasteiger charge is -2.19. The predicted molar refractivity (Wildman–Crippen MR) is 117 cm³/mol. The fourth-order valence-corrected chi connectivity index (χ4v) is 3.51. The SMILES string of the molecule is Cc1ccc(N)cc1C(=O)NCC1CCN(c2cccc(Br)c2)C1.Cl.Cl. The average Bonchev–Trinajstić information content (AvgIpc) is 3.04. The first-order valence-corrected chi connectivity index (χ1v) is 8.97. The van der Waals surface area contributed by atoms with Crippen LogP contribution in [0.15, 0.2) is 46.9 Å². The zero-order valence-electron chi connectivity index (χ0n) is 14.6. The van der Waals surface area contributed by atoms with E-state index in [9.17, 15) is 4.79 Å². The Hall–Kier alpha value is -1.43. The van der Waals surface area contributed by atoms with Crippen molar-refractivity contribution in [3.63, 3.8) is 0 Å². The van der Waals surface area contributed by atoms with Crippen molar-refractivity contribution in [3.05, 3.63) is 58.1 Å². The van der Waals surface area contributed by atoms with E-state index in [0.717, 1.165) is 29.5 Å². The van der Waals surface area contributed by atoms with Crippen molar-refractivity contribution in [2.75, 3.05) is 30.3 Å². The Morgan fingerprint density at radius 3 is 2.77 bits per heavy atom. The van der Waals surface area contributed by atoms with Crippen LogP contribution >= 0.6 is 40.7 Å². The molecule has 3 rings (SSSR count). The molecule has 1 unspecified atom stereocenters. The number of benzene rings is 2. The second-order valence-corrected chi connectivity index (χ2v) is 7.28. The number of hydrogen-bond acceptors (Lipinski definition) is 3. The van der Waals surface area contributed by atoms with Crippen LogP contribution in [0.5, 0.6) is 0 Å². The molecule has 0 radical (unpaired) electrons. The molecule has 1 heterocycles. The number of halogens is 3. The summed E-state index contributed by atoms with van der Waals surface area (Å²) in [6, 6.07) is 13.8. The van der Waals surface area contributed by atoms with E-state index in [0.29, 0.717) is 23.7 Å². The molecule has 4 nitrogen and oxygen atoms in total. The number of nitrogens with two attached hydrogens (primary N) is 1. The van der Waals surface area contributed by atoms with Crippen molar-refractivity contribution < 1.29 is 4.79 Å². The number of nitrogen functional groups attached to an aromatic ring is 1. The summed E-state index contributed by atoms with van der Waals surface area (Å²) < 4.78 is 1.09. The summed E-state index contributed by atoms with van der Waals surface area (Å²) in [7, 11) is 0. The summed E-state index contributed by atoms with van der Waals surface area (Å²) in [6.45, 7) is 4.61. The molecule has 0 saturated carbocycles. The summed E-state index contributed by atoms with van der Waals surface area (Å²) in [5.41, 5.74) is 9.24. The Morgan fingerprint density at radius 2 is 2.04 bits per heavy atom. The monoisotopic (exact) mass is 459 g/mol. The van der Waals surface area contributed by atoms with Crippen molar-refractivity contribution in [3.8, 4) is 0 Å². The van der Waals surface area contributed by atoms with Crippen LogP contribution in [-0.4, -0.2) is 25.5 Å². The van der Waals surface area contributed by atoms with E-state index >= 15 is 0 Å². The number of carbonyl (C=O) groups is 1. The van der Waals surface area contributed by atoms with E-state index in [4.69, 9.17) is 5.73 Å². The molecule has 1 aliphatic rings. The van der Waals surface area contributed by atoms with Crippen LogP contribution in [0.1, 0.15) is 22.3 Å². The molecule has 1 atom stereocenters. The minimum Gasteiger partial charge on any atom is -0.399 e. The molecule has 2 aromatic rings.